The lowest BCUT2D eigenvalue weighted by Gasteiger charge is -2.33. The van der Waals surface area contributed by atoms with E-state index in [0.29, 0.717) is 29.5 Å². The summed E-state index contributed by atoms with van der Waals surface area (Å²) in [6, 6.07) is 13.9. The highest BCUT2D eigenvalue weighted by atomic mass is 16.1. The molecule has 0 unspecified atom stereocenters. The maximum Gasteiger partial charge on any atom is 0.134 e. The minimum Gasteiger partial charge on any atom is -0.300 e. The summed E-state index contributed by atoms with van der Waals surface area (Å²) in [7, 11) is 0. The minimum atomic E-state index is 0.388. The van der Waals surface area contributed by atoms with Gasteiger partial charge in [-0.15, -0.1) is 0 Å². The van der Waals surface area contributed by atoms with Crippen LogP contribution in [0.1, 0.15) is 122 Å². The molecular weight excluding hydrogens is 412 g/mol. The van der Waals surface area contributed by atoms with E-state index in [-0.39, 0.29) is 0 Å². The summed E-state index contributed by atoms with van der Waals surface area (Å²) < 4.78 is 0. The SMILES string of the molecule is Cc1ccc([C@@H](CC(=O)C[C@H](c2ccc(C)c(C)c2)C2CCCCC2)C2CCCCC2)cc1C. The lowest BCUT2D eigenvalue weighted by molar-refractivity contribution is -0.120. The van der Waals surface area contributed by atoms with Crippen LogP contribution in [0.3, 0.4) is 0 Å². The van der Waals surface area contributed by atoms with Gasteiger partial charge in [0, 0.05) is 12.8 Å². The average Bonchev–Trinajstić information content (AvgIpc) is 2.86. The number of rotatable bonds is 8. The van der Waals surface area contributed by atoms with Crippen molar-refractivity contribution in [3.8, 4) is 0 Å². The molecule has 1 heteroatoms. The molecule has 0 amide bonds. The number of ketones is 1. The third-order valence-corrected chi connectivity index (χ3v) is 9.25. The van der Waals surface area contributed by atoms with Crippen molar-refractivity contribution in [2.24, 2.45) is 11.8 Å². The van der Waals surface area contributed by atoms with Crippen molar-refractivity contribution < 1.29 is 4.79 Å². The Bertz CT molecular complexity index is 881. The quantitative estimate of drug-likeness (QED) is 0.385. The largest absolute Gasteiger partial charge is 0.300 e. The molecule has 0 aliphatic heterocycles. The van der Waals surface area contributed by atoms with Gasteiger partial charge in [-0.2, -0.15) is 0 Å². The lowest BCUT2D eigenvalue weighted by atomic mass is 9.71. The molecule has 0 bridgehead atoms. The van der Waals surface area contributed by atoms with Gasteiger partial charge in [0.05, 0.1) is 0 Å². The van der Waals surface area contributed by atoms with Crippen LogP contribution in [0.25, 0.3) is 0 Å². The molecule has 0 spiro atoms. The van der Waals surface area contributed by atoms with Crippen LogP contribution in [-0.4, -0.2) is 5.78 Å². The highest BCUT2D eigenvalue weighted by molar-refractivity contribution is 5.80. The smallest absolute Gasteiger partial charge is 0.134 e. The van der Waals surface area contributed by atoms with E-state index in [1.165, 1.54) is 97.6 Å². The van der Waals surface area contributed by atoms with Gasteiger partial charge >= 0.3 is 0 Å². The van der Waals surface area contributed by atoms with Crippen molar-refractivity contribution in [2.75, 3.05) is 0 Å². The zero-order valence-electron chi connectivity index (χ0n) is 22.2. The Labute approximate surface area is 208 Å². The van der Waals surface area contributed by atoms with Crippen molar-refractivity contribution in [3.05, 3.63) is 69.8 Å². The molecule has 2 aromatic rings. The Balaban J connectivity index is 1.56. The van der Waals surface area contributed by atoms with Crippen LogP contribution < -0.4 is 0 Å². The number of benzene rings is 2. The second-order valence-corrected chi connectivity index (χ2v) is 11.6. The van der Waals surface area contributed by atoms with Crippen LogP contribution >= 0.6 is 0 Å². The summed E-state index contributed by atoms with van der Waals surface area (Å²) in [6.45, 7) is 8.82. The molecule has 2 aromatic carbocycles. The summed E-state index contributed by atoms with van der Waals surface area (Å²) in [5, 5.41) is 0. The fourth-order valence-electron chi connectivity index (χ4n) is 6.75. The van der Waals surface area contributed by atoms with Gasteiger partial charge in [-0.25, -0.2) is 0 Å². The van der Waals surface area contributed by atoms with E-state index in [1.54, 1.807) is 0 Å². The van der Waals surface area contributed by atoms with Crippen LogP contribution in [0, 0.1) is 39.5 Å². The summed E-state index contributed by atoms with van der Waals surface area (Å²) in [4.78, 5) is 13.8. The molecule has 0 aromatic heterocycles. The molecule has 0 N–H and O–H groups in total. The minimum absolute atomic E-state index is 0.388. The molecule has 0 heterocycles. The van der Waals surface area contributed by atoms with Crippen molar-refractivity contribution in [2.45, 2.75) is 117 Å². The fourth-order valence-corrected chi connectivity index (χ4v) is 6.75. The van der Waals surface area contributed by atoms with Crippen LogP contribution in [0.2, 0.25) is 0 Å². The van der Waals surface area contributed by atoms with Gasteiger partial charge in [-0.3, -0.25) is 4.79 Å². The summed E-state index contributed by atoms with van der Waals surface area (Å²) in [5.41, 5.74) is 8.24. The summed E-state index contributed by atoms with van der Waals surface area (Å²) >= 11 is 0. The molecule has 0 radical (unpaired) electrons. The third kappa shape index (κ3) is 6.21. The number of Topliss-reactive ketones (excluding diaryl/α,β-unsaturated/α-hetero) is 1. The van der Waals surface area contributed by atoms with Crippen LogP contribution in [0.15, 0.2) is 36.4 Å². The van der Waals surface area contributed by atoms with Gasteiger partial charge in [-0.1, -0.05) is 74.9 Å². The zero-order chi connectivity index (χ0) is 24.1. The Morgan fingerprint density at radius 3 is 1.35 bits per heavy atom. The van der Waals surface area contributed by atoms with Gasteiger partial charge < -0.3 is 0 Å². The van der Waals surface area contributed by atoms with Gasteiger partial charge in [-0.05, 0) is 110 Å². The topological polar surface area (TPSA) is 17.1 Å². The number of hydrogen-bond acceptors (Lipinski definition) is 1. The summed E-state index contributed by atoms with van der Waals surface area (Å²) in [6.07, 6.45) is 14.6. The van der Waals surface area contributed by atoms with Crippen molar-refractivity contribution in [1.82, 2.24) is 0 Å². The molecule has 2 atom stereocenters. The monoisotopic (exact) mass is 458 g/mol. The van der Waals surface area contributed by atoms with Crippen molar-refractivity contribution >= 4 is 5.78 Å². The van der Waals surface area contributed by atoms with Gasteiger partial charge in [0.25, 0.3) is 0 Å². The van der Waals surface area contributed by atoms with E-state index in [2.05, 4.69) is 64.1 Å². The Morgan fingerprint density at radius 1 is 0.618 bits per heavy atom. The molecule has 0 saturated heterocycles. The molecule has 2 aliphatic rings. The first kappa shape index (κ1) is 25.2. The van der Waals surface area contributed by atoms with Crippen LogP contribution in [-0.2, 0) is 4.79 Å². The summed E-state index contributed by atoms with van der Waals surface area (Å²) in [5.74, 6) is 2.59. The highest BCUT2D eigenvalue weighted by Crippen LogP contribution is 2.42. The Hall–Kier alpha value is -1.89. The van der Waals surface area contributed by atoms with Gasteiger partial charge in [0.1, 0.15) is 5.78 Å². The van der Waals surface area contributed by atoms with Crippen molar-refractivity contribution in [1.29, 1.82) is 0 Å². The first-order valence-corrected chi connectivity index (χ1v) is 14.1. The molecule has 34 heavy (non-hydrogen) atoms. The lowest BCUT2D eigenvalue weighted by Crippen LogP contribution is -2.23. The van der Waals surface area contributed by atoms with Gasteiger partial charge in [0.2, 0.25) is 0 Å². The predicted octanol–water partition coefficient (Wildman–Crippen LogP) is 9.30. The van der Waals surface area contributed by atoms with E-state index in [4.69, 9.17) is 0 Å². The first-order chi connectivity index (χ1) is 16.4. The molecule has 184 valence electrons. The molecular formula is C33H46O. The Kier molecular flexibility index (Phi) is 8.67. The first-order valence-electron chi connectivity index (χ1n) is 14.1. The number of hydrogen-bond donors (Lipinski definition) is 0. The molecule has 2 aliphatic carbocycles. The third-order valence-electron chi connectivity index (χ3n) is 9.25. The number of aryl methyl sites for hydroxylation is 4. The van der Waals surface area contributed by atoms with Crippen LogP contribution in [0.5, 0.6) is 0 Å². The zero-order valence-corrected chi connectivity index (χ0v) is 22.2. The number of carbonyl (C=O) groups is 1. The van der Waals surface area contributed by atoms with E-state index in [1.807, 2.05) is 0 Å². The maximum absolute atomic E-state index is 13.8. The fraction of sp³-hybridized carbons (Fsp3) is 0.606. The second kappa shape index (κ2) is 11.7. The van der Waals surface area contributed by atoms with Gasteiger partial charge in [0.15, 0.2) is 0 Å². The number of carbonyl (C=O) groups excluding carboxylic acids is 1. The van der Waals surface area contributed by atoms with E-state index < -0.39 is 0 Å². The molecule has 2 saturated carbocycles. The van der Waals surface area contributed by atoms with E-state index >= 15 is 0 Å². The van der Waals surface area contributed by atoms with Crippen LogP contribution in [0.4, 0.5) is 0 Å². The van der Waals surface area contributed by atoms with E-state index in [0.717, 1.165) is 12.8 Å². The maximum atomic E-state index is 13.8. The normalized spacial score (nSPS) is 19.6. The second-order valence-electron chi connectivity index (χ2n) is 11.6. The molecule has 2 fully saturated rings. The standard InChI is InChI=1S/C33H46O/c1-23-15-17-29(19-25(23)3)32(27-11-7-5-8-12-27)21-31(34)22-33(28-13-9-6-10-14-28)30-18-16-24(2)26(4)20-30/h15-20,27-28,32-33H,5-14,21-22H2,1-4H3/t32-,33-/m0/s1. The Morgan fingerprint density at radius 2 is 1.00 bits per heavy atom. The molecule has 1 nitrogen and oxygen atoms in total. The van der Waals surface area contributed by atoms with E-state index in [9.17, 15) is 4.79 Å². The predicted molar refractivity (Wildman–Crippen MR) is 145 cm³/mol. The highest BCUT2D eigenvalue weighted by Gasteiger charge is 2.31. The van der Waals surface area contributed by atoms with Crippen molar-refractivity contribution in [3.63, 3.8) is 0 Å². The average molecular weight is 459 g/mol. The molecule has 4 rings (SSSR count).